The molecule has 0 saturated carbocycles. The van der Waals surface area contributed by atoms with Crippen molar-refractivity contribution in [2.24, 2.45) is 11.8 Å². The first-order valence-electron chi connectivity index (χ1n) is 8.06. The maximum Gasteiger partial charge on any atom is 0.281 e. The van der Waals surface area contributed by atoms with Gasteiger partial charge in [-0.1, -0.05) is 6.92 Å². The highest BCUT2D eigenvalue weighted by atomic mass is 32.2. The Morgan fingerprint density at radius 3 is 2.24 bits per heavy atom. The van der Waals surface area contributed by atoms with E-state index in [1.54, 1.807) is 8.61 Å². The van der Waals surface area contributed by atoms with Gasteiger partial charge in [0.25, 0.3) is 10.2 Å². The maximum atomic E-state index is 12.8. The minimum atomic E-state index is -3.32. The van der Waals surface area contributed by atoms with Crippen LogP contribution in [0.15, 0.2) is 0 Å². The van der Waals surface area contributed by atoms with Gasteiger partial charge < -0.3 is 9.47 Å². The summed E-state index contributed by atoms with van der Waals surface area (Å²) in [4.78, 5) is 0. The second kappa shape index (κ2) is 6.50. The quantitative estimate of drug-likeness (QED) is 0.780. The summed E-state index contributed by atoms with van der Waals surface area (Å²) in [7, 11) is -3.32. The zero-order valence-corrected chi connectivity index (χ0v) is 13.6. The predicted molar refractivity (Wildman–Crippen MR) is 78.9 cm³/mol. The first-order chi connectivity index (χ1) is 10.1. The summed E-state index contributed by atoms with van der Waals surface area (Å²) in [5.41, 5.74) is 0. The molecule has 0 aliphatic carbocycles. The van der Waals surface area contributed by atoms with Crippen LogP contribution in [-0.2, 0) is 19.7 Å². The third-order valence-corrected chi connectivity index (χ3v) is 6.69. The van der Waals surface area contributed by atoms with Gasteiger partial charge in [-0.3, -0.25) is 0 Å². The molecule has 0 radical (unpaired) electrons. The van der Waals surface area contributed by atoms with E-state index in [4.69, 9.17) is 9.47 Å². The van der Waals surface area contributed by atoms with Crippen molar-refractivity contribution in [2.75, 3.05) is 39.4 Å². The summed E-state index contributed by atoms with van der Waals surface area (Å²) in [6.45, 7) is 5.83. The summed E-state index contributed by atoms with van der Waals surface area (Å²) >= 11 is 0. The summed E-state index contributed by atoms with van der Waals surface area (Å²) < 4.78 is 40.1. The molecular weight excluding hydrogens is 292 g/mol. The van der Waals surface area contributed by atoms with Crippen LogP contribution in [-0.4, -0.2) is 62.7 Å². The number of rotatable bonds is 3. The fourth-order valence-corrected chi connectivity index (χ4v) is 5.44. The van der Waals surface area contributed by atoms with Crippen LogP contribution >= 0.6 is 0 Å². The molecule has 0 spiro atoms. The van der Waals surface area contributed by atoms with Crippen LogP contribution in [0.3, 0.4) is 0 Å². The zero-order valence-electron chi connectivity index (χ0n) is 12.7. The van der Waals surface area contributed by atoms with Gasteiger partial charge in [-0.15, -0.1) is 0 Å². The second-order valence-electron chi connectivity index (χ2n) is 6.48. The molecule has 122 valence electrons. The third kappa shape index (κ3) is 3.42. The van der Waals surface area contributed by atoms with Gasteiger partial charge in [0.2, 0.25) is 0 Å². The van der Waals surface area contributed by atoms with E-state index in [1.165, 1.54) is 0 Å². The number of hydrogen-bond donors (Lipinski definition) is 0. The van der Waals surface area contributed by atoms with Gasteiger partial charge in [0.15, 0.2) is 6.29 Å². The Labute approximate surface area is 127 Å². The Hall–Kier alpha value is -0.210. The standard InChI is InChI=1S/C14H26N2O4S/c1-12-4-2-6-15(10-12)21(17,18)16-7-3-5-13(11-16)14-19-8-9-20-14/h12-14H,2-11H2,1H3/t12-,13+/m0/s1. The first-order valence-corrected chi connectivity index (χ1v) is 9.45. The normalized spacial score (nSPS) is 34.3. The molecule has 3 saturated heterocycles. The fourth-order valence-electron chi connectivity index (χ4n) is 3.57. The molecule has 0 aromatic heterocycles. The first kappa shape index (κ1) is 15.7. The molecule has 0 N–H and O–H groups in total. The van der Waals surface area contributed by atoms with Gasteiger partial charge in [0.05, 0.1) is 13.2 Å². The highest BCUT2D eigenvalue weighted by Crippen LogP contribution is 2.28. The van der Waals surface area contributed by atoms with Crippen LogP contribution in [0.5, 0.6) is 0 Å². The topological polar surface area (TPSA) is 59.1 Å². The van der Waals surface area contributed by atoms with E-state index in [9.17, 15) is 8.42 Å². The van der Waals surface area contributed by atoms with Crippen LogP contribution in [0.1, 0.15) is 32.6 Å². The molecular formula is C14H26N2O4S. The van der Waals surface area contributed by atoms with Crippen molar-refractivity contribution < 1.29 is 17.9 Å². The lowest BCUT2D eigenvalue weighted by atomic mass is 9.99. The van der Waals surface area contributed by atoms with Crippen LogP contribution in [0, 0.1) is 11.8 Å². The molecule has 6 nitrogen and oxygen atoms in total. The van der Waals surface area contributed by atoms with Crippen molar-refractivity contribution in [1.82, 2.24) is 8.61 Å². The van der Waals surface area contributed by atoms with E-state index >= 15 is 0 Å². The minimum Gasteiger partial charge on any atom is -0.350 e. The average molecular weight is 318 g/mol. The molecule has 7 heteroatoms. The molecule has 3 aliphatic rings. The number of hydrogen-bond acceptors (Lipinski definition) is 4. The molecule has 3 fully saturated rings. The molecule has 3 aliphatic heterocycles. The Morgan fingerprint density at radius 1 is 0.952 bits per heavy atom. The van der Waals surface area contributed by atoms with Gasteiger partial charge in [0.1, 0.15) is 0 Å². The van der Waals surface area contributed by atoms with E-state index in [0.29, 0.717) is 45.3 Å². The molecule has 0 aromatic rings. The number of ether oxygens (including phenoxy) is 2. The summed E-state index contributed by atoms with van der Waals surface area (Å²) in [6.07, 6.45) is 3.73. The van der Waals surface area contributed by atoms with Crippen LogP contribution in [0.4, 0.5) is 0 Å². The molecule has 3 heterocycles. The highest BCUT2D eigenvalue weighted by molar-refractivity contribution is 7.86. The lowest BCUT2D eigenvalue weighted by molar-refractivity contribution is -0.0943. The fraction of sp³-hybridized carbons (Fsp3) is 1.00. The van der Waals surface area contributed by atoms with Crippen LogP contribution in [0.25, 0.3) is 0 Å². The van der Waals surface area contributed by atoms with Crippen molar-refractivity contribution in [3.63, 3.8) is 0 Å². The molecule has 21 heavy (non-hydrogen) atoms. The Kier molecular flexibility index (Phi) is 4.85. The monoisotopic (exact) mass is 318 g/mol. The Bertz CT molecular complexity index is 450. The van der Waals surface area contributed by atoms with Crippen molar-refractivity contribution in [2.45, 2.75) is 38.9 Å². The van der Waals surface area contributed by atoms with Gasteiger partial charge >= 0.3 is 0 Å². The molecule has 3 rings (SSSR count). The van der Waals surface area contributed by atoms with Gasteiger partial charge in [-0.05, 0) is 31.6 Å². The summed E-state index contributed by atoms with van der Waals surface area (Å²) in [5, 5.41) is 0. The number of nitrogens with zero attached hydrogens (tertiary/aromatic N) is 2. The van der Waals surface area contributed by atoms with E-state index < -0.39 is 10.2 Å². The lowest BCUT2D eigenvalue weighted by Gasteiger charge is -2.38. The van der Waals surface area contributed by atoms with Crippen molar-refractivity contribution in [3.05, 3.63) is 0 Å². The van der Waals surface area contributed by atoms with Crippen LogP contribution in [0.2, 0.25) is 0 Å². The SMILES string of the molecule is C[C@H]1CCCN(S(=O)(=O)N2CCC[C@@H](C3OCCO3)C2)C1. The van der Waals surface area contributed by atoms with Crippen molar-refractivity contribution in [3.8, 4) is 0 Å². The third-order valence-electron chi connectivity index (χ3n) is 4.73. The Balaban J connectivity index is 1.66. The van der Waals surface area contributed by atoms with E-state index in [-0.39, 0.29) is 12.2 Å². The zero-order chi connectivity index (χ0) is 14.9. The highest BCUT2D eigenvalue weighted by Gasteiger charge is 2.38. The largest absolute Gasteiger partial charge is 0.350 e. The lowest BCUT2D eigenvalue weighted by Crippen LogP contribution is -2.51. The molecule has 0 aromatic carbocycles. The van der Waals surface area contributed by atoms with E-state index in [2.05, 4.69) is 6.92 Å². The molecule has 0 unspecified atom stereocenters. The van der Waals surface area contributed by atoms with Gasteiger partial charge in [-0.2, -0.15) is 17.0 Å². The van der Waals surface area contributed by atoms with Crippen LogP contribution < -0.4 is 0 Å². The van der Waals surface area contributed by atoms with E-state index in [1.807, 2.05) is 0 Å². The number of piperidine rings is 2. The molecule has 0 bridgehead atoms. The van der Waals surface area contributed by atoms with Crippen molar-refractivity contribution in [1.29, 1.82) is 0 Å². The van der Waals surface area contributed by atoms with Crippen molar-refractivity contribution >= 4 is 10.2 Å². The minimum absolute atomic E-state index is 0.165. The maximum absolute atomic E-state index is 12.8. The predicted octanol–water partition coefficient (Wildman–Crippen LogP) is 1.05. The smallest absolute Gasteiger partial charge is 0.281 e. The molecule has 2 atom stereocenters. The van der Waals surface area contributed by atoms with Gasteiger partial charge in [-0.25, -0.2) is 0 Å². The molecule has 0 amide bonds. The second-order valence-corrected chi connectivity index (χ2v) is 8.41. The van der Waals surface area contributed by atoms with Gasteiger partial charge in [0, 0.05) is 32.1 Å². The summed E-state index contributed by atoms with van der Waals surface area (Å²) in [5.74, 6) is 0.619. The summed E-state index contributed by atoms with van der Waals surface area (Å²) in [6, 6.07) is 0. The Morgan fingerprint density at radius 2 is 1.57 bits per heavy atom. The van der Waals surface area contributed by atoms with E-state index in [0.717, 1.165) is 25.7 Å². The average Bonchev–Trinajstić information content (AvgIpc) is 3.02.